The molecule has 0 saturated heterocycles. The molecule has 6 heteroatoms. The van der Waals surface area contributed by atoms with Gasteiger partial charge in [-0.05, 0) is 30.0 Å². The van der Waals surface area contributed by atoms with Gasteiger partial charge in [0.05, 0.1) is 11.5 Å². The highest BCUT2D eigenvalue weighted by molar-refractivity contribution is 8.18. The Morgan fingerprint density at radius 1 is 1.23 bits per heavy atom. The monoisotopic (exact) mass is 373 g/mol. The standard InChI is InChI=1S/C20H23NO4S/c1-5-16(22)21-19-17(20(24)25-6-2)18(23)15(26-19)11-13-7-9-14(10-8-13)12(3)4/h7-12,23H,5-6H2,1-4H3/b15-11-,21-19?. The minimum absolute atomic E-state index is 0.0521. The van der Waals surface area contributed by atoms with Crippen molar-refractivity contribution >= 4 is 34.8 Å². The molecule has 0 radical (unpaired) electrons. The van der Waals surface area contributed by atoms with Gasteiger partial charge in [-0.2, -0.15) is 0 Å². The molecule has 2 rings (SSSR count). The molecule has 1 N–H and O–H groups in total. The molecule has 1 aromatic carbocycles. The van der Waals surface area contributed by atoms with Crippen LogP contribution in [0.25, 0.3) is 6.08 Å². The first-order chi connectivity index (χ1) is 12.4. The molecule has 0 atom stereocenters. The lowest BCUT2D eigenvalue weighted by atomic mass is 10.0. The number of aliphatic hydroxyl groups is 1. The van der Waals surface area contributed by atoms with Crippen molar-refractivity contribution in [2.75, 3.05) is 6.61 Å². The molecule has 138 valence electrons. The fraction of sp³-hybridized carbons (Fsp3) is 0.350. The van der Waals surface area contributed by atoms with Crippen molar-refractivity contribution in [3.8, 4) is 0 Å². The molecule has 1 aromatic rings. The summed E-state index contributed by atoms with van der Waals surface area (Å²) in [6.45, 7) is 7.78. The van der Waals surface area contributed by atoms with Crippen LogP contribution >= 0.6 is 11.8 Å². The molecule has 0 unspecified atom stereocenters. The van der Waals surface area contributed by atoms with Crippen molar-refractivity contribution in [1.82, 2.24) is 0 Å². The molecule has 0 saturated carbocycles. The Morgan fingerprint density at radius 2 is 1.88 bits per heavy atom. The summed E-state index contributed by atoms with van der Waals surface area (Å²) in [6.07, 6.45) is 1.99. The van der Waals surface area contributed by atoms with Crippen molar-refractivity contribution < 1.29 is 19.4 Å². The van der Waals surface area contributed by atoms with Crippen LogP contribution in [0.15, 0.2) is 45.5 Å². The first-order valence-electron chi connectivity index (χ1n) is 8.59. The SMILES string of the molecule is CCOC(=O)C1=C(O)/C(=C/c2ccc(C(C)C)cc2)SC1=NC(=O)CC. The second kappa shape index (κ2) is 8.85. The molecule has 1 heterocycles. The van der Waals surface area contributed by atoms with Gasteiger partial charge in [-0.25, -0.2) is 9.79 Å². The van der Waals surface area contributed by atoms with E-state index in [9.17, 15) is 14.7 Å². The van der Waals surface area contributed by atoms with Crippen LogP contribution in [0.4, 0.5) is 0 Å². The molecular weight excluding hydrogens is 350 g/mol. The lowest BCUT2D eigenvalue weighted by Gasteiger charge is -2.05. The molecular formula is C20H23NO4S. The zero-order valence-corrected chi connectivity index (χ0v) is 16.2. The normalized spacial score (nSPS) is 17.4. The maximum absolute atomic E-state index is 12.2. The fourth-order valence-corrected chi connectivity index (χ4v) is 3.34. The van der Waals surface area contributed by atoms with Gasteiger partial charge in [0.2, 0.25) is 5.91 Å². The number of ether oxygens (including phenoxy) is 1. The summed E-state index contributed by atoms with van der Waals surface area (Å²) in [5, 5.41) is 10.7. The highest BCUT2D eigenvalue weighted by Crippen LogP contribution is 2.39. The Balaban J connectivity index is 2.41. The van der Waals surface area contributed by atoms with Gasteiger partial charge in [0.15, 0.2) is 0 Å². The van der Waals surface area contributed by atoms with Gasteiger partial charge in [0.25, 0.3) is 0 Å². The Labute approximate surface area is 157 Å². The molecule has 0 fully saturated rings. The lowest BCUT2D eigenvalue weighted by Crippen LogP contribution is -2.14. The number of nitrogens with zero attached hydrogens (tertiary/aromatic N) is 1. The van der Waals surface area contributed by atoms with Gasteiger partial charge in [-0.1, -0.05) is 56.8 Å². The molecule has 0 spiro atoms. The summed E-state index contributed by atoms with van der Waals surface area (Å²) in [5.74, 6) is -0.813. The van der Waals surface area contributed by atoms with E-state index in [1.54, 1.807) is 19.9 Å². The van der Waals surface area contributed by atoms with Crippen LogP contribution in [0.1, 0.15) is 51.2 Å². The van der Waals surface area contributed by atoms with Crippen LogP contribution in [-0.4, -0.2) is 28.6 Å². The van der Waals surface area contributed by atoms with Crippen LogP contribution in [0.2, 0.25) is 0 Å². The number of carbonyl (C=O) groups is 2. The second-order valence-corrected chi connectivity index (χ2v) is 7.07. The van der Waals surface area contributed by atoms with Crippen molar-refractivity contribution in [2.24, 2.45) is 4.99 Å². The average molecular weight is 373 g/mol. The predicted octanol–water partition coefficient (Wildman–Crippen LogP) is 4.61. The van der Waals surface area contributed by atoms with E-state index in [2.05, 4.69) is 18.8 Å². The number of hydrogen-bond acceptors (Lipinski definition) is 5. The number of amides is 1. The average Bonchev–Trinajstić information content (AvgIpc) is 2.90. The van der Waals surface area contributed by atoms with Gasteiger partial charge < -0.3 is 9.84 Å². The minimum atomic E-state index is -0.682. The van der Waals surface area contributed by atoms with Crippen molar-refractivity contribution in [3.05, 3.63) is 51.6 Å². The predicted molar refractivity (Wildman–Crippen MR) is 105 cm³/mol. The van der Waals surface area contributed by atoms with Crippen LogP contribution in [0, 0.1) is 0 Å². The van der Waals surface area contributed by atoms with E-state index < -0.39 is 5.97 Å². The number of aliphatic hydroxyl groups excluding tert-OH is 1. The third-order valence-electron chi connectivity index (χ3n) is 3.80. The van der Waals surface area contributed by atoms with Gasteiger partial charge in [0.1, 0.15) is 16.4 Å². The van der Waals surface area contributed by atoms with E-state index in [4.69, 9.17) is 4.74 Å². The second-order valence-electron chi connectivity index (χ2n) is 6.04. The highest BCUT2D eigenvalue weighted by atomic mass is 32.2. The largest absolute Gasteiger partial charge is 0.506 e. The highest BCUT2D eigenvalue weighted by Gasteiger charge is 2.33. The van der Waals surface area contributed by atoms with Gasteiger partial charge in [0, 0.05) is 6.42 Å². The number of benzene rings is 1. The fourth-order valence-electron chi connectivity index (χ4n) is 2.31. The zero-order valence-electron chi connectivity index (χ0n) is 15.4. The van der Waals surface area contributed by atoms with E-state index in [1.807, 2.05) is 24.3 Å². The van der Waals surface area contributed by atoms with Crippen molar-refractivity contribution in [1.29, 1.82) is 0 Å². The molecule has 5 nitrogen and oxygen atoms in total. The summed E-state index contributed by atoms with van der Waals surface area (Å²) >= 11 is 1.10. The van der Waals surface area contributed by atoms with Crippen molar-refractivity contribution in [3.63, 3.8) is 0 Å². The van der Waals surface area contributed by atoms with E-state index in [0.29, 0.717) is 10.8 Å². The van der Waals surface area contributed by atoms with Crippen LogP contribution < -0.4 is 0 Å². The third-order valence-corrected chi connectivity index (χ3v) is 4.82. The van der Waals surface area contributed by atoms with Gasteiger partial charge in [-0.3, -0.25) is 4.79 Å². The number of rotatable bonds is 5. The summed E-state index contributed by atoms with van der Waals surface area (Å²) in [6, 6.07) is 7.96. The Morgan fingerprint density at radius 3 is 2.42 bits per heavy atom. The molecule has 26 heavy (non-hydrogen) atoms. The Bertz CT molecular complexity index is 789. The van der Waals surface area contributed by atoms with Crippen LogP contribution in [0.5, 0.6) is 0 Å². The van der Waals surface area contributed by atoms with Crippen molar-refractivity contribution in [2.45, 2.75) is 40.0 Å². The summed E-state index contributed by atoms with van der Waals surface area (Å²) < 4.78 is 4.99. The lowest BCUT2D eigenvalue weighted by molar-refractivity contribution is -0.138. The number of thioether (sulfide) groups is 1. The number of hydrogen-bond donors (Lipinski definition) is 1. The minimum Gasteiger partial charge on any atom is -0.506 e. The molecule has 0 aliphatic carbocycles. The van der Waals surface area contributed by atoms with E-state index in [1.165, 1.54) is 5.56 Å². The molecule has 1 amide bonds. The van der Waals surface area contributed by atoms with E-state index in [0.717, 1.165) is 17.3 Å². The number of esters is 1. The Hall–Kier alpha value is -2.34. The number of carbonyl (C=O) groups excluding carboxylic acids is 2. The third kappa shape index (κ3) is 4.64. The van der Waals surface area contributed by atoms with Gasteiger partial charge in [-0.15, -0.1) is 0 Å². The van der Waals surface area contributed by atoms with Crippen LogP contribution in [0.3, 0.4) is 0 Å². The zero-order chi connectivity index (χ0) is 19.3. The van der Waals surface area contributed by atoms with Crippen LogP contribution in [-0.2, 0) is 14.3 Å². The maximum Gasteiger partial charge on any atom is 0.344 e. The molecule has 0 bridgehead atoms. The topological polar surface area (TPSA) is 76.0 Å². The molecule has 1 aliphatic rings. The first kappa shape index (κ1) is 20.0. The van der Waals surface area contributed by atoms with E-state index in [-0.39, 0.29) is 35.3 Å². The summed E-state index contributed by atoms with van der Waals surface area (Å²) in [7, 11) is 0. The first-order valence-corrected chi connectivity index (χ1v) is 9.41. The summed E-state index contributed by atoms with van der Waals surface area (Å²) in [4.78, 5) is 28.3. The number of aliphatic imine (C=N–C) groups is 1. The Kier molecular flexibility index (Phi) is 6.80. The molecule has 0 aromatic heterocycles. The quantitative estimate of drug-likeness (QED) is 0.763. The maximum atomic E-state index is 12.2. The van der Waals surface area contributed by atoms with Gasteiger partial charge >= 0.3 is 5.97 Å². The summed E-state index contributed by atoms with van der Waals surface area (Å²) in [5.41, 5.74) is 2.05. The van der Waals surface area contributed by atoms with E-state index >= 15 is 0 Å². The molecule has 1 aliphatic heterocycles. The smallest absolute Gasteiger partial charge is 0.344 e.